The molecule has 2 N–H and O–H groups in total. The number of carbonyl (C=O) groups excluding carboxylic acids is 1. The molecule has 0 fully saturated rings. The average molecular weight is 341 g/mol. The minimum Gasteiger partial charge on any atom is -0.314 e. The Balaban J connectivity index is 2.03. The molecule has 7 heteroatoms. The molecule has 0 aliphatic rings. The van der Waals surface area contributed by atoms with Crippen LogP contribution < -0.4 is 10.6 Å². The molecule has 0 spiro atoms. The third-order valence-corrected chi connectivity index (χ3v) is 3.21. The van der Waals surface area contributed by atoms with Crippen LogP contribution in [-0.4, -0.2) is 6.03 Å². The van der Waals surface area contributed by atoms with E-state index in [1.807, 2.05) is 0 Å². The van der Waals surface area contributed by atoms with Gasteiger partial charge in [0.05, 0.1) is 11.3 Å². The second kappa shape index (κ2) is 7.19. The van der Waals surface area contributed by atoms with Crippen LogP contribution in [0.2, 0.25) is 5.02 Å². The van der Waals surface area contributed by atoms with Crippen LogP contribution in [0.4, 0.5) is 23.7 Å². The van der Waals surface area contributed by atoms with Gasteiger partial charge in [-0.15, -0.1) is 0 Å². The quantitative estimate of drug-likeness (QED) is 0.797. The highest BCUT2D eigenvalue weighted by atomic mass is 35.5. The van der Waals surface area contributed by atoms with Gasteiger partial charge < -0.3 is 10.6 Å². The Hall–Kier alpha value is -2.47. The molecule has 2 amide bonds. The number of nitrogens with one attached hydrogen (secondary N) is 2. The number of hydrogen-bond donors (Lipinski definition) is 2. The van der Waals surface area contributed by atoms with Crippen LogP contribution in [0.15, 0.2) is 54.7 Å². The van der Waals surface area contributed by atoms with E-state index < -0.39 is 17.8 Å². The smallest absolute Gasteiger partial charge is 0.314 e. The lowest BCUT2D eigenvalue weighted by molar-refractivity contribution is -0.136. The number of halogens is 4. The van der Waals surface area contributed by atoms with E-state index in [4.69, 9.17) is 11.6 Å². The molecule has 2 rings (SSSR count). The van der Waals surface area contributed by atoms with Gasteiger partial charge in [0.1, 0.15) is 0 Å². The van der Waals surface area contributed by atoms with Gasteiger partial charge in [-0.05, 0) is 29.8 Å². The molecular weight excluding hydrogens is 329 g/mol. The van der Waals surface area contributed by atoms with Crippen LogP contribution in [0.5, 0.6) is 0 Å². The first-order valence-corrected chi connectivity index (χ1v) is 6.90. The summed E-state index contributed by atoms with van der Waals surface area (Å²) in [5.41, 5.74) is -0.556. The lowest BCUT2D eigenvalue weighted by atomic mass is 10.1. The largest absolute Gasteiger partial charge is 0.418 e. The van der Waals surface area contributed by atoms with E-state index in [2.05, 4.69) is 10.6 Å². The molecule has 0 aliphatic carbocycles. The van der Waals surface area contributed by atoms with Crippen molar-refractivity contribution in [3.63, 3.8) is 0 Å². The number of anilines is 1. The summed E-state index contributed by atoms with van der Waals surface area (Å²) in [7, 11) is 0. The van der Waals surface area contributed by atoms with Gasteiger partial charge in [-0.25, -0.2) is 4.79 Å². The Kier molecular flexibility index (Phi) is 5.28. The number of amides is 2. The van der Waals surface area contributed by atoms with E-state index in [-0.39, 0.29) is 5.69 Å². The van der Waals surface area contributed by atoms with Crippen molar-refractivity contribution in [1.29, 1.82) is 0 Å². The van der Waals surface area contributed by atoms with Crippen LogP contribution in [-0.2, 0) is 6.18 Å². The van der Waals surface area contributed by atoms with Crippen molar-refractivity contribution in [2.75, 3.05) is 5.32 Å². The Morgan fingerprint density at radius 3 is 2.39 bits per heavy atom. The summed E-state index contributed by atoms with van der Waals surface area (Å²) in [4.78, 5) is 11.7. The van der Waals surface area contributed by atoms with E-state index in [9.17, 15) is 18.0 Å². The second-order valence-electron chi connectivity index (χ2n) is 4.50. The van der Waals surface area contributed by atoms with E-state index in [1.54, 1.807) is 24.3 Å². The third-order valence-electron chi connectivity index (χ3n) is 2.86. The van der Waals surface area contributed by atoms with Crippen molar-refractivity contribution >= 4 is 29.4 Å². The van der Waals surface area contributed by atoms with Crippen LogP contribution in [0.1, 0.15) is 11.1 Å². The first-order valence-electron chi connectivity index (χ1n) is 6.53. The lowest BCUT2D eigenvalue weighted by Gasteiger charge is -2.13. The summed E-state index contributed by atoms with van der Waals surface area (Å²) < 4.78 is 38.4. The van der Waals surface area contributed by atoms with Gasteiger partial charge in [0, 0.05) is 11.2 Å². The molecule has 2 aromatic carbocycles. The topological polar surface area (TPSA) is 41.1 Å². The highest BCUT2D eigenvalue weighted by Crippen LogP contribution is 2.34. The summed E-state index contributed by atoms with van der Waals surface area (Å²) in [5, 5.41) is 4.99. The molecule has 0 unspecified atom stereocenters. The van der Waals surface area contributed by atoms with Crippen molar-refractivity contribution in [2.45, 2.75) is 6.18 Å². The maximum absolute atomic E-state index is 12.8. The summed E-state index contributed by atoms with van der Waals surface area (Å²) in [6.07, 6.45) is -1.71. The van der Waals surface area contributed by atoms with Crippen LogP contribution in [0, 0.1) is 0 Å². The molecule has 2 aromatic rings. The van der Waals surface area contributed by atoms with Gasteiger partial charge in [-0.2, -0.15) is 13.2 Å². The van der Waals surface area contributed by atoms with Gasteiger partial charge in [0.15, 0.2) is 0 Å². The van der Waals surface area contributed by atoms with Crippen LogP contribution in [0.3, 0.4) is 0 Å². The van der Waals surface area contributed by atoms with Crippen molar-refractivity contribution in [3.8, 4) is 0 Å². The first-order chi connectivity index (χ1) is 10.9. The zero-order valence-corrected chi connectivity index (χ0v) is 12.4. The molecule has 0 saturated carbocycles. The number of para-hydroxylation sites is 1. The summed E-state index contributed by atoms with van der Waals surface area (Å²) in [6, 6.07) is 10.9. The Morgan fingerprint density at radius 1 is 1.04 bits per heavy atom. The number of rotatable bonds is 3. The van der Waals surface area contributed by atoms with Crippen LogP contribution >= 0.6 is 11.6 Å². The number of urea groups is 1. The molecule has 120 valence electrons. The molecule has 0 radical (unpaired) electrons. The van der Waals surface area contributed by atoms with E-state index in [0.29, 0.717) is 10.6 Å². The number of benzene rings is 2. The zero-order valence-electron chi connectivity index (χ0n) is 11.7. The van der Waals surface area contributed by atoms with Gasteiger partial charge in [-0.1, -0.05) is 41.9 Å². The minimum absolute atomic E-state index is 0.316. The predicted octanol–water partition coefficient (Wildman–Crippen LogP) is 5.15. The van der Waals surface area contributed by atoms with Gasteiger partial charge in [0.25, 0.3) is 0 Å². The molecular formula is C16H12ClF3N2O. The van der Waals surface area contributed by atoms with E-state index in [0.717, 1.165) is 6.07 Å². The van der Waals surface area contributed by atoms with Crippen molar-refractivity contribution in [2.24, 2.45) is 0 Å². The molecule has 0 saturated heterocycles. The number of alkyl halides is 3. The number of hydrogen-bond acceptors (Lipinski definition) is 1. The zero-order chi connectivity index (χ0) is 16.9. The van der Waals surface area contributed by atoms with Crippen molar-refractivity contribution < 1.29 is 18.0 Å². The molecule has 0 bridgehead atoms. The summed E-state index contributed by atoms with van der Waals surface area (Å²) >= 11 is 5.94. The molecule has 3 nitrogen and oxygen atoms in total. The van der Waals surface area contributed by atoms with Gasteiger partial charge in [0.2, 0.25) is 0 Å². The highest BCUT2D eigenvalue weighted by Gasteiger charge is 2.33. The fourth-order valence-electron chi connectivity index (χ4n) is 1.82. The van der Waals surface area contributed by atoms with Gasteiger partial charge >= 0.3 is 12.2 Å². The number of carbonyl (C=O) groups is 1. The fraction of sp³-hybridized carbons (Fsp3) is 0.0625. The minimum atomic E-state index is -4.54. The average Bonchev–Trinajstić information content (AvgIpc) is 2.49. The normalized spacial score (nSPS) is 11.5. The molecule has 23 heavy (non-hydrogen) atoms. The lowest BCUT2D eigenvalue weighted by Crippen LogP contribution is -2.25. The molecule has 0 atom stereocenters. The standard InChI is InChI=1S/C16H12ClF3N2O/c17-13-7-3-1-5-11(13)9-10-21-15(23)22-14-8-4-2-6-12(14)16(18,19)20/h1-10H,(H2,21,22,23)/b10-9+. The van der Waals surface area contributed by atoms with Crippen molar-refractivity contribution in [3.05, 3.63) is 70.9 Å². The highest BCUT2D eigenvalue weighted by molar-refractivity contribution is 6.32. The molecule has 0 aromatic heterocycles. The molecule has 0 aliphatic heterocycles. The van der Waals surface area contributed by atoms with E-state index >= 15 is 0 Å². The summed E-state index contributed by atoms with van der Waals surface area (Å²) in [5.74, 6) is 0. The second-order valence-corrected chi connectivity index (χ2v) is 4.90. The Morgan fingerprint density at radius 2 is 1.70 bits per heavy atom. The fourth-order valence-corrected chi connectivity index (χ4v) is 2.01. The Bertz CT molecular complexity index is 729. The maximum atomic E-state index is 12.8. The monoisotopic (exact) mass is 340 g/mol. The maximum Gasteiger partial charge on any atom is 0.418 e. The third kappa shape index (κ3) is 4.75. The SMILES string of the molecule is O=C(N/C=C/c1ccccc1Cl)Nc1ccccc1C(F)(F)F. The van der Waals surface area contributed by atoms with E-state index in [1.165, 1.54) is 30.5 Å². The Labute approximate surface area is 135 Å². The first kappa shape index (κ1) is 16.9. The molecule has 0 heterocycles. The van der Waals surface area contributed by atoms with Crippen molar-refractivity contribution in [1.82, 2.24) is 5.32 Å². The van der Waals surface area contributed by atoms with Gasteiger partial charge in [-0.3, -0.25) is 0 Å². The van der Waals surface area contributed by atoms with Crippen LogP contribution in [0.25, 0.3) is 6.08 Å². The summed E-state index contributed by atoms with van der Waals surface area (Å²) in [6.45, 7) is 0. The predicted molar refractivity (Wildman–Crippen MR) is 84.1 cm³/mol.